The van der Waals surface area contributed by atoms with Gasteiger partial charge in [0.25, 0.3) is 10.0 Å². The van der Waals surface area contributed by atoms with Gasteiger partial charge in [0.2, 0.25) is 0 Å². The lowest BCUT2D eigenvalue weighted by atomic mass is 9.97. The molecule has 0 N–H and O–H groups in total. The Morgan fingerprint density at radius 2 is 1.70 bits per heavy atom. The smallest absolute Gasteiger partial charge is 0.268 e. The van der Waals surface area contributed by atoms with Crippen molar-refractivity contribution in [3.05, 3.63) is 64.3 Å². The zero-order valence-corrected chi connectivity index (χ0v) is 21.0. The van der Waals surface area contributed by atoms with E-state index in [1.807, 2.05) is 31.2 Å². The van der Waals surface area contributed by atoms with Crippen LogP contribution in [-0.4, -0.2) is 17.0 Å². The molecule has 1 aliphatic carbocycles. The van der Waals surface area contributed by atoms with Crippen molar-refractivity contribution in [3.8, 4) is 0 Å². The number of aromatic nitrogens is 2. The van der Waals surface area contributed by atoms with Gasteiger partial charge in [0.15, 0.2) is 0 Å². The average Bonchev–Trinajstić information content (AvgIpc) is 3.30. The van der Waals surface area contributed by atoms with Gasteiger partial charge in [-0.1, -0.05) is 55.5 Å². The van der Waals surface area contributed by atoms with Crippen LogP contribution in [0.4, 0.5) is 0 Å². The summed E-state index contributed by atoms with van der Waals surface area (Å²) in [5, 5.41) is 1.56. The van der Waals surface area contributed by atoms with Gasteiger partial charge in [0, 0.05) is 22.6 Å². The Balaban J connectivity index is 1.82. The largest absolute Gasteiger partial charge is 0.342 e. The molecule has 0 spiro atoms. The highest BCUT2D eigenvalue weighted by atomic mass is 35.5. The van der Waals surface area contributed by atoms with Gasteiger partial charge in [-0.3, -0.25) is 0 Å². The second-order valence-corrected chi connectivity index (χ2v) is 11.5. The minimum Gasteiger partial charge on any atom is -0.342 e. The van der Waals surface area contributed by atoms with Crippen molar-refractivity contribution in [1.82, 2.24) is 8.54 Å². The summed E-state index contributed by atoms with van der Waals surface area (Å²) in [5.74, 6) is 0. The van der Waals surface area contributed by atoms with Gasteiger partial charge in [-0.15, -0.1) is 0 Å². The Labute approximate surface area is 201 Å². The predicted molar refractivity (Wildman–Crippen MR) is 137 cm³/mol. The molecule has 2 aromatic heterocycles. The molecular weight excluding hydrogens is 452 g/mol. The van der Waals surface area contributed by atoms with Gasteiger partial charge in [-0.2, -0.15) is 0 Å². The highest BCUT2D eigenvalue weighted by Gasteiger charge is 2.31. The zero-order chi connectivity index (χ0) is 23.2. The Morgan fingerprint density at radius 3 is 2.45 bits per heavy atom. The molecule has 4 nitrogen and oxygen atoms in total. The summed E-state index contributed by atoms with van der Waals surface area (Å²) in [5.41, 5.74) is 6.16. The number of halogens is 1. The van der Waals surface area contributed by atoms with Crippen LogP contribution in [0.15, 0.2) is 47.4 Å². The first-order valence-corrected chi connectivity index (χ1v) is 13.9. The topological polar surface area (TPSA) is 44.0 Å². The standard InChI is InChI=1S/C27H31ClN2O2S/c1-3-4-5-8-17-29-24-10-7-6-9-22(24)27-26(29)23-18-20(28)13-16-25(23)30(27)33(31,32)21-14-11-19(2)12-15-21/h11-16,18H,3-10,17H2,1-2H3. The maximum atomic E-state index is 14.0. The van der Waals surface area contributed by atoms with Crippen molar-refractivity contribution >= 4 is 43.6 Å². The van der Waals surface area contributed by atoms with E-state index in [1.165, 1.54) is 30.5 Å². The van der Waals surface area contributed by atoms with Gasteiger partial charge >= 0.3 is 0 Å². The highest BCUT2D eigenvalue weighted by molar-refractivity contribution is 7.90. The number of benzene rings is 2. The van der Waals surface area contributed by atoms with Crippen LogP contribution in [0.5, 0.6) is 0 Å². The molecule has 6 heteroatoms. The molecule has 174 valence electrons. The summed E-state index contributed by atoms with van der Waals surface area (Å²) >= 11 is 6.43. The summed E-state index contributed by atoms with van der Waals surface area (Å²) in [6.45, 7) is 5.11. The normalized spacial score (nSPS) is 14.3. The van der Waals surface area contributed by atoms with E-state index in [0.717, 1.165) is 60.6 Å². The number of aryl methyl sites for hydroxylation is 3. The second kappa shape index (κ2) is 8.84. The van der Waals surface area contributed by atoms with Gasteiger partial charge < -0.3 is 4.57 Å². The van der Waals surface area contributed by atoms with Crippen LogP contribution in [0.2, 0.25) is 5.02 Å². The molecule has 2 aromatic carbocycles. The van der Waals surface area contributed by atoms with Crippen molar-refractivity contribution in [3.63, 3.8) is 0 Å². The second-order valence-electron chi connectivity index (χ2n) is 9.29. The van der Waals surface area contributed by atoms with Crippen LogP contribution in [-0.2, 0) is 29.4 Å². The molecule has 1 aliphatic rings. The summed E-state index contributed by atoms with van der Waals surface area (Å²) in [4.78, 5) is 0.321. The Morgan fingerprint density at radius 1 is 0.939 bits per heavy atom. The van der Waals surface area contributed by atoms with Crippen molar-refractivity contribution in [2.45, 2.75) is 76.7 Å². The molecule has 0 saturated heterocycles. The van der Waals surface area contributed by atoms with Gasteiger partial charge in [-0.25, -0.2) is 12.4 Å². The molecule has 0 bridgehead atoms. The zero-order valence-electron chi connectivity index (χ0n) is 19.4. The highest BCUT2D eigenvalue weighted by Crippen LogP contribution is 2.41. The third-order valence-corrected chi connectivity index (χ3v) is 8.94. The Hall–Kier alpha value is -2.24. The van der Waals surface area contributed by atoms with Crippen LogP contribution in [0.25, 0.3) is 21.9 Å². The van der Waals surface area contributed by atoms with E-state index in [4.69, 9.17) is 11.6 Å². The van der Waals surface area contributed by atoms with E-state index >= 15 is 0 Å². The average molecular weight is 483 g/mol. The molecule has 0 unspecified atom stereocenters. The summed E-state index contributed by atoms with van der Waals surface area (Å²) < 4.78 is 32.1. The fraction of sp³-hybridized carbons (Fsp3) is 0.407. The van der Waals surface area contributed by atoms with E-state index < -0.39 is 10.0 Å². The van der Waals surface area contributed by atoms with E-state index in [1.54, 1.807) is 22.2 Å². The number of fused-ring (bicyclic) bond motifs is 5. The minimum atomic E-state index is -3.77. The first kappa shape index (κ1) is 22.5. The fourth-order valence-corrected chi connectivity index (χ4v) is 7.06. The Bertz CT molecular complexity index is 1430. The number of nitrogens with zero attached hydrogens (tertiary/aromatic N) is 2. The van der Waals surface area contributed by atoms with E-state index in [9.17, 15) is 8.42 Å². The van der Waals surface area contributed by atoms with Gasteiger partial charge in [-0.05, 0) is 74.9 Å². The van der Waals surface area contributed by atoms with E-state index in [-0.39, 0.29) is 0 Å². The summed E-state index contributed by atoms with van der Waals surface area (Å²) in [6.07, 6.45) is 8.87. The predicted octanol–water partition coefficient (Wildman–Crippen LogP) is 7.25. The molecular formula is C27H31ClN2O2S. The van der Waals surface area contributed by atoms with Gasteiger partial charge in [0.05, 0.1) is 21.4 Å². The van der Waals surface area contributed by atoms with Crippen molar-refractivity contribution in [2.75, 3.05) is 0 Å². The molecule has 0 aliphatic heterocycles. The van der Waals surface area contributed by atoms with Crippen LogP contribution in [0, 0.1) is 6.92 Å². The lowest BCUT2D eigenvalue weighted by molar-refractivity contribution is 0.560. The quantitative estimate of drug-likeness (QED) is 0.260. The molecule has 5 rings (SSSR count). The summed E-state index contributed by atoms with van der Waals surface area (Å²) in [6, 6.07) is 12.7. The fourth-order valence-electron chi connectivity index (χ4n) is 5.34. The number of hydrogen-bond acceptors (Lipinski definition) is 2. The van der Waals surface area contributed by atoms with Crippen LogP contribution in [0.3, 0.4) is 0 Å². The van der Waals surface area contributed by atoms with E-state index in [0.29, 0.717) is 15.4 Å². The molecule has 2 heterocycles. The minimum absolute atomic E-state index is 0.321. The number of unbranched alkanes of at least 4 members (excludes halogenated alkanes) is 3. The van der Waals surface area contributed by atoms with Gasteiger partial charge in [0.1, 0.15) is 0 Å². The third-order valence-electron chi connectivity index (χ3n) is 6.97. The molecule has 0 fully saturated rings. The van der Waals surface area contributed by atoms with Crippen molar-refractivity contribution < 1.29 is 8.42 Å². The van der Waals surface area contributed by atoms with Crippen LogP contribution >= 0.6 is 11.6 Å². The lowest BCUT2D eigenvalue weighted by Gasteiger charge is -2.17. The maximum Gasteiger partial charge on any atom is 0.268 e. The van der Waals surface area contributed by atoms with Crippen LogP contribution in [0.1, 0.15) is 62.3 Å². The first-order valence-electron chi connectivity index (χ1n) is 12.1. The molecule has 0 radical (unpaired) electrons. The lowest BCUT2D eigenvalue weighted by Crippen LogP contribution is -2.14. The Kier molecular flexibility index (Phi) is 6.04. The molecule has 4 aromatic rings. The summed E-state index contributed by atoms with van der Waals surface area (Å²) in [7, 11) is -3.77. The SMILES string of the molecule is CCCCCCn1c2c(c3c1c1cc(Cl)ccc1n3S(=O)(=O)c1ccc(C)cc1)CCCC2. The molecule has 0 saturated carbocycles. The number of rotatable bonds is 7. The van der Waals surface area contributed by atoms with Crippen molar-refractivity contribution in [2.24, 2.45) is 0 Å². The molecule has 0 atom stereocenters. The molecule has 33 heavy (non-hydrogen) atoms. The maximum absolute atomic E-state index is 14.0. The van der Waals surface area contributed by atoms with E-state index in [2.05, 4.69) is 11.5 Å². The number of hydrogen-bond donors (Lipinski definition) is 0. The monoisotopic (exact) mass is 482 g/mol. The van der Waals surface area contributed by atoms with Crippen LogP contribution < -0.4 is 0 Å². The first-order chi connectivity index (χ1) is 15.9. The third kappa shape index (κ3) is 3.79. The molecule has 0 amide bonds. The van der Waals surface area contributed by atoms with Crippen molar-refractivity contribution in [1.29, 1.82) is 0 Å².